The number of ether oxygens (including phenoxy) is 1. The maximum absolute atomic E-state index is 10.2. The molecule has 0 heterocycles. The maximum atomic E-state index is 10.2. The second-order valence-corrected chi connectivity index (χ2v) is 6.20. The first-order valence-corrected chi connectivity index (χ1v) is 8.44. The molecular weight excluding hydrogens is 366 g/mol. The first-order chi connectivity index (χ1) is 12.9. The van der Waals surface area contributed by atoms with Gasteiger partial charge in [-0.25, -0.2) is 0 Å². The highest BCUT2D eigenvalue weighted by Gasteiger charge is 2.16. The summed E-state index contributed by atoms with van der Waals surface area (Å²) in [6.07, 6.45) is 0. The number of phenolic OH excluding ortho intramolecular Hbond substituents is 1. The molecule has 0 saturated heterocycles. The molecule has 0 aliphatic carbocycles. The Morgan fingerprint density at radius 3 is 2.67 bits per heavy atom. The topological polar surface area (TPSA) is 97.9 Å². The number of phenols is 1. The normalized spacial score (nSPS) is 11.4. The van der Waals surface area contributed by atoms with Gasteiger partial charge in [-0.05, 0) is 49.0 Å². The van der Waals surface area contributed by atoms with Gasteiger partial charge < -0.3 is 20.3 Å². The van der Waals surface area contributed by atoms with Crippen molar-refractivity contribution >= 4 is 29.7 Å². The van der Waals surface area contributed by atoms with E-state index in [2.05, 4.69) is 17.0 Å². The molecule has 0 aliphatic rings. The van der Waals surface area contributed by atoms with Crippen molar-refractivity contribution in [3.63, 3.8) is 0 Å². The summed E-state index contributed by atoms with van der Waals surface area (Å²) in [5.41, 5.74) is 3.04. The number of methoxy groups -OCH3 is 1. The fraction of sp³-hybridized carbons (Fsp3) is 0.200. The van der Waals surface area contributed by atoms with E-state index in [1.165, 1.54) is 6.07 Å². The number of benzene rings is 2. The zero-order valence-corrected chi connectivity index (χ0v) is 15.8. The molecule has 140 valence electrons. The Balaban J connectivity index is 2.44. The van der Waals surface area contributed by atoms with Gasteiger partial charge >= 0.3 is 0 Å². The molecule has 0 radical (unpaired) electrons. The summed E-state index contributed by atoms with van der Waals surface area (Å²) >= 11 is 6.16. The highest BCUT2D eigenvalue weighted by atomic mass is 35.5. The lowest BCUT2D eigenvalue weighted by Gasteiger charge is -2.18. The van der Waals surface area contributed by atoms with Gasteiger partial charge in [0, 0.05) is 17.8 Å². The van der Waals surface area contributed by atoms with Crippen molar-refractivity contribution in [1.82, 2.24) is 5.32 Å². The summed E-state index contributed by atoms with van der Waals surface area (Å²) in [4.78, 5) is 3.87. The molecule has 0 saturated carbocycles. The average Bonchev–Trinajstić information content (AvgIpc) is 2.67. The molecule has 2 aromatic carbocycles. The number of hydrogen-bond donors (Lipinski definition) is 3. The summed E-state index contributed by atoms with van der Waals surface area (Å²) in [5, 5.41) is 32.7. The van der Waals surface area contributed by atoms with E-state index in [0.29, 0.717) is 34.2 Å². The Bertz CT molecular complexity index is 933. The molecule has 0 unspecified atom stereocenters. The molecule has 7 heteroatoms. The van der Waals surface area contributed by atoms with E-state index >= 15 is 0 Å². The summed E-state index contributed by atoms with van der Waals surface area (Å²) in [6, 6.07) is 10.3. The predicted octanol–water partition coefficient (Wildman–Crippen LogP) is 3.77. The molecule has 2 rings (SSSR count). The lowest BCUT2D eigenvalue weighted by atomic mass is 10.0. The number of halogens is 1. The molecular formula is C20H20ClN3O3. The van der Waals surface area contributed by atoms with Gasteiger partial charge in [0.15, 0.2) is 0 Å². The summed E-state index contributed by atoms with van der Waals surface area (Å²) in [6.45, 7) is 5.41. The molecule has 0 spiro atoms. The Hall–Kier alpha value is -3.01. The van der Waals surface area contributed by atoms with E-state index in [0.717, 1.165) is 5.56 Å². The van der Waals surface area contributed by atoms with Crippen molar-refractivity contribution < 1.29 is 14.9 Å². The highest BCUT2D eigenvalue weighted by Crippen LogP contribution is 2.36. The molecule has 0 bridgehead atoms. The smallest absolute Gasteiger partial charge is 0.143 e. The number of hydrogen-bond acceptors (Lipinski definition) is 6. The monoisotopic (exact) mass is 385 g/mol. The largest absolute Gasteiger partial charge is 0.506 e. The number of nitrogens with one attached hydrogen (secondary N) is 1. The third-order valence-electron chi connectivity index (χ3n) is 4.00. The van der Waals surface area contributed by atoms with Crippen LogP contribution in [-0.4, -0.2) is 30.6 Å². The Kier molecular flexibility index (Phi) is 6.83. The van der Waals surface area contributed by atoms with Crippen LogP contribution in [-0.2, 0) is 6.54 Å². The second kappa shape index (κ2) is 9.08. The fourth-order valence-electron chi connectivity index (χ4n) is 2.61. The minimum Gasteiger partial charge on any atom is -0.506 e. The van der Waals surface area contributed by atoms with E-state index in [9.17, 15) is 15.5 Å². The van der Waals surface area contributed by atoms with E-state index in [1.54, 1.807) is 32.2 Å². The van der Waals surface area contributed by atoms with Gasteiger partial charge in [-0.1, -0.05) is 17.7 Å². The average molecular weight is 386 g/mol. The Morgan fingerprint density at radius 2 is 2.11 bits per heavy atom. The zero-order chi connectivity index (χ0) is 20.0. The zero-order valence-electron chi connectivity index (χ0n) is 15.1. The van der Waals surface area contributed by atoms with Crippen LogP contribution in [0, 0.1) is 11.3 Å². The van der Waals surface area contributed by atoms with Crippen LogP contribution >= 0.6 is 11.6 Å². The van der Waals surface area contributed by atoms with Crippen LogP contribution in [0.5, 0.6) is 11.5 Å². The molecule has 6 nitrogen and oxygen atoms in total. The maximum Gasteiger partial charge on any atom is 0.143 e. The van der Waals surface area contributed by atoms with E-state index in [-0.39, 0.29) is 23.6 Å². The number of rotatable bonds is 7. The number of aliphatic hydroxyl groups excluding tert-OH is 1. The first kappa shape index (κ1) is 20.3. The van der Waals surface area contributed by atoms with Crippen molar-refractivity contribution in [2.75, 3.05) is 13.7 Å². The van der Waals surface area contributed by atoms with Crippen LogP contribution in [0.4, 0.5) is 5.69 Å². The second-order valence-electron chi connectivity index (χ2n) is 5.80. The van der Waals surface area contributed by atoms with E-state index in [1.807, 2.05) is 12.1 Å². The lowest BCUT2D eigenvalue weighted by molar-refractivity contribution is 0.331. The Labute approximate surface area is 163 Å². The van der Waals surface area contributed by atoms with Crippen LogP contribution in [0.2, 0.25) is 5.02 Å². The van der Waals surface area contributed by atoms with Gasteiger partial charge in [0.05, 0.1) is 30.4 Å². The van der Waals surface area contributed by atoms with Crippen LogP contribution in [0.1, 0.15) is 23.6 Å². The van der Waals surface area contributed by atoms with Crippen molar-refractivity contribution in [2.45, 2.75) is 13.5 Å². The molecule has 0 aromatic heterocycles. The summed E-state index contributed by atoms with van der Waals surface area (Å²) in [5.74, 6) is 0.420. The van der Waals surface area contributed by atoms with E-state index in [4.69, 9.17) is 16.3 Å². The number of aliphatic hydroxyl groups is 1. The third-order valence-corrected chi connectivity index (χ3v) is 4.29. The van der Waals surface area contributed by atoms with Gasteiger partial charge in [-0.15, -0.1) is 0 Å². The predicted molar refractivity (Wildman–Crippen MR) is 107 cm³/mol. The van der Waals surface area contributed by atoms with Gasteiger partial charge in [0.25, 0.3) is 0 Å². The SMILES string of the molecule is C=Nc1c(O)cc(C#N)cc1/C(NCc1ccc(OC)c(Cl)c1)=C(\C)CO. The minimum atomic E-state index is -0.209. The molecule has 0 amide bonds. The molecule has 0 fully saturated rings. The summed E-state index contributed by atoms with van der Waals surface area (Å²) < 4.78 is 5.15. The quantitative estimate of drug-likeness (QED) is 0.630. The van der Waals surface area contributed by atoms with Gasteiger partial charge in [-0.2, -0.15) is 5.26 Å². The van der Waals surface area contributed by atoms with Crippen LogP contribution in [0.3, 0.4) is 0 Å². The van der Waals surface area contributed by atoms with Crippen LogP contribution < -0.4 is 10.1 Å². The van der Waals surface area contributed by atoms with E-state index < -0.39 is 0 Å². The standard InChI is InChI=1S/C20H20ClN3O3/c1-12(11-25)19(15-6-14(9-22)8-17(26)20(15)23-2)24-10-13-4-5-18(27-3)16(21)7-13/h4-8,24-26H,2,10-11H2,1,3H3/b19-12-. The minimum absolute atomic E-state index is 0.156. The number of nitriles is 1. The first-order valence-electron chi connectivity index (χ1n) is 8.06. The molecule has 3 N–H and O–H groups in total. The molecule has 2 aromatic rings. The van der Waals surface area contributed by atoms with Crippen molar-refractivity contribution in [2.24, 2.45) is 4.99 Å². The Morgan fingerprint density at radius 1 is 1.37 bits per heavy atom. The number of aromatic hydroxyl groups is 1. The third kappa shape index (κ3) is 4.59. The molecule has 0 atom stereocenters. The van der Waals surface area contributed by atoms with Crippen molar-refractivity contribution in [1.29, 1.82) is 5.26 Å². The van der Waals surface area contributed by atoms with Crippen molar-refractivity contribution in [3.05, 3.63) is 57.6 Å². The van der Waals surface area contributed by atoms with Gasteiger partial charge in [-0.3, -0.25) is 4.99 Å². The van der Waals surface area contributed by atoms with Crippen molar-refractivity contribution in [3.8, 4) is 17.6 Å². The lowest BCUT2D eigenvalue weighted by Crippen LogP contribution is -2.15. The highest BCUT2D eigenvalue weighted by molar-refractivity contribution is 6.32. The van der Waals surface area contributed by atoms with Crippen LogP contribution in [0.25, 0.3) is 5.70 Å². The number of aliphatic imine (C=N–C) groups is 1. The number of nitrogens with zero attached hydrogens (tertiary/aromatic N) is 2. The molecule has 27 heavy (non-hydrogen) atoms. The summed E-state index contributed by atoms with van der Waals surface area (Å²) in [7, 11) is 1.54. The molecule has 0 aliphatic heterocycles. The van der Waals surface area contributed by atoms with Gasteiger partial charge in [0.1, 0.15) is 17.2 Å². The van der Waals surface area contributed by atoms with Crippen LogP contribution in [0.15, 0.2) is 40.9 Å². The van der Waals surface area contributed by atoms with Gasteiger partial charge in [0.2, 0.25) is 0 Å². The fourth-order valence-corrected chi connectivity index (χ4v) is 2.89.